The molecule has 0 aliphatic carbocycles. The monoisotopic (exact) mass is 330 g/mol. The maximum absolute atomic E-state index is 14.0. The van der Waals surface area contributed by atoms with Crippen molar-refractivity contribution in [2.24, 2.45) is 0 Å². The number of nitrogens with one attached hydrogen (secondary N) is 2. The molecule has 1 aliphatic rings. The Morgan fingerprint density at radius 3 is 2.52 bits per heavy atom. The normalized spacial score (nSPS) is 21.8. The topological polar surface area (TPSA) is 50.4 Å². The minimum Gasteiger partial charge on any atom is -0.444 e. The van der Waals surface area contributed by atoms with Crippen LogP contribution in [0.4, 0.5) is 18.0 Å². The highest BCUT2D eigenvalue weighted by atomic mass is 19.2. The summed E-state index contributed by atoms with van der Waals surface area (Å²) in [4.78, 5) is 11.9. The van der Waals surface area contributed by atoms with Gasteiger partial charge in [0.2, 0.25) is 0 Å². The molecule has 2 N–H and O–H groups in total. The molecule has 0 radical (unpaired) electrons. The van der Waals surface area contributed by atoms with Gasteiger partial charge in [-0.25, -0.2) is 18.0 Å². The van der Waals surface area contributed by atoms with Crippen molar-refractivity contribution in [2.75, 3.05) is 13.1 Å². The second-order valence-electron chi connectivity index (χ2n) is 6.64. The van der Waals surface area contributed by atoms with E-state index in [2.05, 4.69) is 10.6 Å². The second kappa shape index (κ2) is 6.78. The van der Waals surface area contributed by atoms with Crippen LogP contribution in [0.3, 0.4) is 0 Å². The molecule has 0 spiro atoms. The van der Waals surface area contributed by atoms with Crippen LogP contribution in [0.2, 0.25) is 0 Å². The largest absolute Gasteiger partial charge is 0.444 e. The molecule has 2 atom stereocenters. The maximum atomic E-state index is 14.0. The second-order valence-corrected chi connectivity index (χ2v) is 6.64. The first-order valence-electron chi connectivity index (χ1n) is 7.52. The fourth-order valence-corrected chi connectivity index (χ4v) is 2.66. The van der Waals surface area contributed by atoms with E-state index >= 15 is 0 Å². The zero-order valence-corrected chi connectivity index (χ0v) is 13.4. The van der Waals surface area contributed by atoms with Gasteiger partial charge in [-0.1, -0.05) is 0 Å². The number of rotatable bonds is 2. The van der Waals surface area contributed by atoms with E-state index in [9.17, 15) is 18.0 Å². The zero-order chi connectivity index (χ0) is 17.2. The highest BCUT2D eigenvalue weighted by Gasteiger charge is 2.31. The van der Waals surface area contributed by atoms with Gasteiger partial charge in [0.25, 0.3) is 0 Å². The molecular weight excluding hydrogens is 309 g/mol. The summed E-state index contributed by atoms with van der Waals surface area (Å²) in [5.74, 6) is -3.60. The molecule has 128 valence electrons. The average molecular weight is 330 g/mol. The molecule has 0 saturated carbocycles. The molecule has 23 heavy (non-hydrogen) atoms. The first-order chi connectivity index (χ1) is 10.7. The van der Waals surface area contributed by atoms with Crippen LogP contribution in [0.1, 0.15) is 38.7 Å². The van der Waals surface area contributed by atoms with Crippen LogP contribution in [0.15, 0.2) is 12.1 Å². The molecule has 1 aliphatic heterocycles. The van der Waals surface area contributed by atoms with Gasteiger partial charge in [-0.3, -0.25) is 0 Å². The van der Waals surface area contributed by atoms with Gasteiger partial charge < -0.3 is 15.4 Å². The number of piperidine rings is 1. The van der Waals surface area contributed by atoms with Gasteiger partial charge in [0.15, 0.2) is 11.6 Å². The summed E-state index contributed by atoms with van der Waals surface area (Å²) in [6.07, 6.45) is -0.137. The average Bonchev–Trinajstić information content (AvgIpc) is 2.41. The Kier molecular flexibility index (Phi) is 5.19. The first kappa shape index (κ1) is 17.6. The smallest absolute Gasteiger partial charge is 0.407 e. The lowest BCUT2D eigenvalue weighted by atomic mass is 9.85. The third-order valence-electron chi connectivity index (χ3n) is 3.62. The number of benzene rings is 1. The van der Waals surface area contributed by atoms with Crippen molar-refractivity contribution in [1.82, 2.24) is 10.6 Å². The van der Waals surface area contributed by atoms with E-state index in [4.69, 9.17) is 4.74 Å². The molecule has 1 unspecified atom stereocenters. The van der Waals surface area contributed by atoms with Crippen molar-refractivity contribution in [3.05, 3.63) is 35.1 Å². The van der Waals surface area contributed by atoms with Crippen LogP contribution in [0.25, 0.3) is 0 Å². The Hall–Kier alpha value is -1.76. The summed E-state index contributed by atoms with van der Waals surface area (Å²) in [5, 5.41) is 5.77. The van der Waals surface area contributed by atoms with E-state index < -0.39 is 41.1 Å². The number of carbonyl (C=O) groups excluding carboxylic acids is 1. The number of ether oxygens (including phenoxy) is 1. The first-order valence-corrected chi connectivity index (χ1v) is 7.52. The molecule has 2 rings (SSSR count). The van der Waals surface area contributed by atoms with Gasteiger partial charge in [0, 0.05) is 18.5 Å². The minimum atomic E-state index is -1.23. The predicted octanol–water partition coefficient (Wildman–Crippen LogP) is 3.07. The van der Waals surface area contributed by atoms with Crippen LogP contribution < -0.4 is 10.6 Å². The van der Waals surface area contributed by atoms with Crippen molar-refractivity contribution in [2.45, 2.75) is 44.8 Å². The Morgan fingerprint density at radius 2 is 1.87 bits per heavy atom. The molecular formula is C16H21F3N2O2. The van der Waals surface area contributed by atoms with E-state index in [0.29, 0.717) is 25.6 Å². The molecule has 1 fully saturated rings. The molecule has 4 nitrogen and oxygen atoms in total. The lowest BCUT2D eigenvalue weighted by Crippen LogP contribution is -2.51. The quantitative estimate of drug-likeness (QED) is 0.820. The summed E-state index contributed by atoms with van der Waals surface area (Å²) in [5.41, 5.74) is -0.596. The van der Waals surface area contributed by atoms with E-state index in [1.165, 1.54) is 0 Å². The summed E-state index contributed by atoms with van der Waals surface area (Å²) in [7, 11) is 0. The van der Waals surface area contributed by atoms with E-state index in [-0.39, 0.29) is 5.56 Å². The molecule has 1 aromatic carbocycles. The van der Waals surface area contributed by atoms with E-state index in [1.54, 1.807) is 20.8 Å². The molecule has 1 heterocycles. The number of hydrogen-bond donors (Lipinski definition) is 2. The van der Waals surface area contributed by atoms with Crippen LogP contribution in [-0.2, 0) is 4.74 Å². The van der Waals surface area contributed by atoms with Crippen LogP contribution in [0.5, 0.6) is 0 Å². The molecule has 1 amide bonds. The fraction of sp³-hybridized carbons (Fsp3) is 0.562. The van der Waals surface area contributed by atoms with Crippen molar-refractivity contribution < 1.29 is 22.7 Å². The Labute approximate surface area is 133 Å². The van der Waals surface area contributed by atoms with Gasteiger partial charge >= 0.3 is 6.09 Å². The van der Waals surface area contributed by atoms with Crippen LogP contribution >= 0.6 is 0 Å². The molecule has 1 aromatic rings. The summed E-state index contributed by atoms with van der Waals surface area (Å²) in [6.45, 7) is 6.19. The molecule has 0 aromatic heterocycles. The highest BCUT2D eigenvalue weighted by Crippen LogP contribution is 2.29. The maximum Gasteiger partial charge on any atom is 0.407 e. The lowest BCUT2D eigenvalue weighted by Gasteiger charge is -2.34. The van der Waals surface area contributed by atoms with Crippen molar-refractivity contribution in [3.8, 4) is 0 Å². The Morgan fingerprint density at radius 1 is 1.22 bits per heavy atom. The van der Waals surface area contributed by atoms with E-state index in [1.807, 2.05) is 0 Å². The van der Waals surface area contributed by atoms with Gasteiger partial charge in [-0.15, -0.1) is 0 Å². The van der Waals surface area contributed by atoms with Crippen LogP contribution in [-0.4, -0.2) is 30.8 Å². The Bertz CT molecular complexity index is 587. The molecule has 7 heteroatoms. The van der Waals surface area contributed by atoms with Crippen LogP contribution in [0, 0.1) is 17.5 Å². The lowest BCUT2D eigenvalue weighted by molar-refractivity contribution is 0.0489. The zero-order valence-electron chi connectivity index (χ0n) is 13.4. The number of amides is 1. The number of halogens is 3. The summed E-state index contributed by atoms with van der Waals surface area (Å²) in [6, 6.07) is 0.930. The number of alkyl carbamates (subject to hydrolysis) is 1. The molecule has 0 bridgehead atoms. The predicted molar refractivity (Wildman–Crippen MR) is 79.7 cm³/mol. The third kappa shape index (κ3) is 4.60. The third-order valence-corrected chi connectivity index (χ3v) is 3.62. The fourth-order valence-electron chi connectivity index (χ4n) is 2.66. The van der Waals surface area contributed by atoms with Crippen molar-refractivity contribution in [1.29, 1.82) is 0 Å². The summed E-state index contributed by atoms with van der Waals surface area (Å²) >= 11 is 0. The van der Waals surface area contributed by atoms with Crippen molar-refractivity contribution in [3.63, 3.8) is 0 Å². The van der Waals surface area contributed by atoms with Gasteiger partial charge in [0.1, 0.15) is 11.4 Å². The van der Waals surface area contributed by atoms with Gasteiger partial charge in [-0.2, -0.15) is 0 Å². The standard InChI is InChI=1S/C16H21F3N2O2/c1-16(2,3)23-15(22)21-14-8-20-5-4-9(14)10-6-12(18)13(19)7-11(10)17/h6-7,9,14,20H,4-5,8H2,1-3H3,(H,21,22)/t9?,14-/m0/s1. The van der Waals surface area contributed by atoms with Gasteiger partial charge in [-0.05, 0) is 45.4 Å². The summed E-state index contributed by atoms with van der Waals surface area (Å²) < 4.78 is 45.8. The SMILES string of the molecule is CC(C)(C)OC(=O)N[C@H]1CNCCC1c1cc(F)c(F)cc1F. The number of hydrogen-bond acceptors (Lipinski definition) is 3. The van der Waals surface area contributed by atoms with Crippen molar-refractivity contribution >= 4 is 6.09 Å². The van der Waals surface area contributed by atoms with E-state index in [0.717, 1.165) is 6.07 Å². The number of carbonyl (C=O) groups is 1. The minimum absolute atomic E-state index is 0.0615. The highest BCUT2D eigenvalue weighted by molar-refractivity contribution is 5.68. The Balaban J connectivity index is 2.19. The molecule has 1 saturated heterocycles. The van der Waals surface area contributed by atoms with Gasteiger partial charge in [0.05, 0.1) is 6.04 Å².